The van der Waals surface area contributed by atoms with Crippen molar-refractivity contribution in [3.8, 4) is 0 Å². The molecule has 0 spiro atoms. The molecule has 0 saturated heterocycles. The number of rotatable bonds is 6. The van der Waals surface area contributed by atoms with Gasteiger partial charge in [-0.25, -0.2) is 17.2 Å². The number of halogens is 2. The maximum absolute atomic E-state index is 14.1. The Bertz CT molecular complexity index is 984. The zero-order valence-electron chi connectivity index (χ0n) is 17.2. The molecule has 0 aliphatic rings. The van der Waals surface area contributed by atoms with Crippen LogP contribution in [-0.4, -0.2) is 27.1 Å². The van der Waals surface area contributed by atoms with Crippen molar-refractivity contribution >= 4 is 21.6 Å². The molecular weight excluding hydrogens is 398 g/mol. The minimum atomic E-state index is -3.96. The minimum Gasteiger partial charge on any atom is -0.348 e. The first-order valence-electron chi connectivity index (χ1n) is 9.11. The lowest BCUT2D eigenvalue weighted by Crippen LogP contribution is -2.41. The Morgan fingerprint density at radius 2 is 1.69 bits per heavy atom. The Hall–Kier alpha value is -2.48. The van der Waals surface area contributed by atoms with Gasteiger partial charge < -0.3 is 5.32 Å². The Labute approximate surface area is 170 Å². The molecule has 29 heavy (non-hydrogen) atoms. The van der Waals surface area contributed by atoms with Crippen molar-refractivity contribution in [2.24, 2.45) is 0 Å². The van der Waals surface area contributed by atoms with E-state index in [9.17, 15) is 22.0 Å². The monoisotopic (exact) mass is 424 g/mol. The molecule has 5 nitrogen and oxygen atoms in total. The van der Waals surface area contributed by atoms with E-state index in [0.29, 0.717) is 10.4 Å². The Kier molecular flexibility index (Phi) is 6.67. The summed E-state index contributed by atoms with van der Waals surface area (Å²) >= 11 is 0. The summed E-state index contributed by atoms with van der Waals surface area (Å²) in [5.41, 5.74) is 1.62. The normalized spacial score (nSPS) is 13.1. The summed E-state index contributed by atoms with van der Waals surface area (Å²) < 4.78 is 52.0. The van der Waals surface area contributed by atoms with Gasteiger partial charge in [0.15, 0.2) is 0 Å². The molecule has 0 aromatic heterocycles. The number of carbonyl (C=O) groups excluding carboxylic acids is 1. The van der Waals surface area contributed by atoms with Crippen LogP contribution in [-0.2, 0) is 20.2 Å². The number of hydrogen-bond acceptors (Lipinski definition) is 3. The van der Waals surface area contributed by atoms with Crippen LogP contribution in [0.3, 0.4) is 0 Å². The number of nitrogens with zero attached hydrogens (tertiary/aromatic N) is 1. The van der Waals surface area contributed by atoms with Crippen molar-refractivity contribution in [1.82, 2.24) is 5.32 Å². The van der Waals surface area contributed by atoms with Crippen molar-refractivity contribution in [3.05, 3.63) is 65.2 Å². The average Bonchev–Trinajstić information content (AvgIpc) is 2.58. The fourth-order valence-electron chi connectivity index (χ4n) is 2.84. The second-order valence-corrected chi connectivity index (χ2v) is 9.93. The summed E-state index contributed by atoms with van der Waals surface area (Å²) in [5, 5.41) is 2.72. The molecule has 1 amide bonds. The van der Waals surface area contributed by atoms with Crippen LogP contribution in [0.25, 0.3) is 0 Å². The predicted molar refractivity (Wildman–Crippen MR) is 110 cm³/mol. The lowest BCUT2D eigenvalue weighted by Gasteiger charge is -2.24. The summed E-state index contributed by atoms with van der Waals surface area (Å²) in [5.74, 6) is -2.50. The van der Waals surface area contributed by atoms with E-state index in [-0.39, 0.29) is 17.1 Å². The molecule has 2 aromatic rings. The van der Waals surface area contributed by atoms with Gasteiger partial charge in [0.2, 0.25) is 15.9 Å². The zero-order chi connectivity index (χ0) is 22.0. The SMILES string of the molecule is C[C@@H](NC(=O)CN(c1ccc(F)cc1F)S(C)(=O)=O)c1ccc(C(C)(C)C)cc1. The number of amides is 1. The largest absolute Gasteiger partial charge is 0.348 e. The van der Waals surface area contributed by atoms with Gasteiger partial charge in [0.25, 0.3) is 0 Å². The van der Waals surface area contributed by atoms with Crippen LogP contribution in [0.15, 0.2) is 42.5 Å². The molecule has 0 radical (unpaired) electrons. The maximum atomic E-state index is 14.1. The van der Waals surface area contributed by atoms with E-state index >= 15 is 0 Å². The second kappa shape index (κ2) is 8.49. The fraction of sp³-hybridized carbons (Fsp3) is 0.381. The van der Waals surface area contributed by atoms with E-state index in [1.54, 1.807) is 6.92 Å². The van der Waals surface area contributed by atoms with E-state index < -0.39 is 34.1 Å². The van der Waals surface area contributed by atoms with Gasteiger partial charge in [-0.15, -0.1) is 0 Å². The van der Waals surface area contributed by atoms with Gasteiger partial charge in [0, 0.05) is 6.07 Å². The number of benzene rings is 2. The van der Waals surface area contributed by atoms with Gasteiger partial charge in [-0.2, -0.15) is 0 Å². The molecule has 0 aliphatic heterocycles. The van der Waals surface area contributed by atoms with Crippen molar-refractivity contribution in [3.63, 3.8) is 0 Å². The molecule has 1 atom stereocenters. The third kappa shape index (κ3) is 6.00. The highest BCUT2D eigenvalue weighted by Gasteiger charge is 2.25. The van der Waals surface area contributed by atoms with E-state index in [2.05, 4.69) is 26.1 Å². The number of sulfonamides is 1. The van der Waals surface area contributed by atoms with E-state index in [1.165, 1.54) is 0 Å². The summed E-state index contributed by atoms with van der Waals surface area (Å²) in [6, 6.07) is 9.89. The zero-order valence-corrected chi connectivity index (χ0v) is 18.0. The molecule has 1 N–H and O–H groups in total. The molecule has 2 aromatic carbocycles. The first-order valence-corrected chi connectivity index (χ1v) is 11.0. The second-order valence-electron chi connectivity index (χ2n) is 8.03. The van der Waals surface area contributed by atoms with Crippen LogP contribution >= 0.6 is 0 Å². The van der Waals surface area contributed by atoms with Crippen LogP contribution in [0, 0.1) is 11.6 Å². The molecule has 158 valence electrons. The quantitative estimate of drug-likeness (QED) is 0.765. The van der Waals surface area contributed by atoms with Crippen LogP contribution in [0.5, 0.6) is 0 Å². The fourth-order valence-corrected chi connectivity index (χ4v) is 3.69. The molecule has 0 heterocycles. The molecule has 0 aliphatic carbocycles. The molecule has 8 heteroatoms. The number of carbonyl (C=O) groups is 1. The van der Waals surface area contributed by atoms with E-state index in [1.807, 2.05) is 24.3 Å². The van der Waals surface area contributed by atoms with E-state index in [0.717, 1.165) is 29.5 Å². The highest BCUT2D eigenvalue weighted by Crippen LogP contribution is 2.25. The standard InChI is InChI=1S/C21H26F2N2O3S/c1-14(15-6-8-16(9-7-15)21(2,3)4)24-20(26)13-25(29(5,27)28)19-11-10-17(22)12-18(19)23/h6-12,14H,13H2,1-5H3,(H,24,26)/t14-/m1/s1. The molecule has 0 bridgehead atoms. The van der Waals surface area contributed by atoms with Gasteiger partial charge >= 0.3 is 0 Å². The van der Waals surface area contributed by atoms with Crippen LogP contribution in [0.4, 0.5) is 14.5 Å². The van der Waals surface area contributed by atoms with Gasteiger partial charge in [-0.05, 0) is 35.6 Å². The highest BCUT2D eigenvalue weighted by atomic mass is 32.2. The smallest absolute Gasteiger partial charge is 0.241 e. The lowest BCUT2D eigenvalue weighted by atomic mass is 9.86. The molecule has 0 fully saturated rings. The number of anilines is 1. The van der Waals surface area contributed by atoms with Crippen LogP contribution in [0.1, 0.15) is 44.9 Å². The van der Waals surface area contributed by atoms with Crippen molar-refractivity contribution < 1.29 is 22.0 Å². The Morgan fingerprint density at radius 3 is 2.17 bits per heavy atom. The van der Waals surface area contributed by atoms with E-state index in [4.69, 9.17) is 0 Å². The first kappa shape index (κ1) is 22.8. The van der Waals surface area contributed by atoms with Crippen molar-refractivity contribution in [2.75, 3.05) is 17.1 Å². The van der Waals surface area contributed by atoms with Crippen LogP contribution in [0.2, 0.25) is 0 Å². The third-order valence-electron chi connectivity index (χ3n) is 4.52. The highest BCUT2D eigenvalue weighted by molar-refractivity contribution is 7.92. The van der Waals surface area contributed by atoms with Crippen LogP contribution < -0.4 is 9.62 Å². The third-order valence-corrected chi connectivity index (χ3v) is 5.65. The molecule has 2 rings (SSSR count). The van der Waals surface area contributed by atoms with Crippen molar-refractivity contribution in [1.29, 1.82) is 0 Å². The first-order chi connectivity index (χ1) is 13.3. The molecule has 0 saturated carbocycles. The summed E-state index contributed by atoms with van der Waals surface area (Å²) in [6.45, 7) is 7.45. The van der Waals surface area contributed by atoms with Crippen molar-refractivity contribution in [2.45, 2.75) is 39.2 Å². The van der Waals surface area contributed by atoms with Gasteiger partial charge in [-0.3, -0.25) is 9.10 Å². The molecular formula is C21H26F2N2O3S. The Balaban J connectivity index is 2.16. The van der Waals surface area contributed by atoms with Gasteiger partial charge in [0.1, 0.15) is 18.2 Å². The number of nitrogens with one attached hydrogen (secondary N) is 1. The molecule has 0 unspecified atom stereocenters. The maximum Gasteiger partial charge on any atom is 0.241 e. The Morgan fingerprint density at radius 1 is 1.10 bits per heavy atom. The summed E-state index contributed by atoms with van der Waals surface area (Å²) in [7, 11) is -3.96. The summed E-state index contributed by atoms with van der Waals surface area (Å²) in [6.07, 6.45) is 0.859. The van der Waals surface area contributed by atoms with Gasteiger partial charge in [0.05, 0.1) is 18.0 Å². The topological polar surface area (TPSA) is 66.5 Å². The summed E-state index contributed by atoms with van der Waals surface area (Å²) in [4.78, 5) is 12.4. The minimum absolute atomic E-state index is 0.000232. The lowest BCUT2D eigenvalue weighted by molar-refractivity contribution is -0.120. The van der Waals surface area contributed by atoms with Gasteiger partial charge in [-0.1, -0.05) is 45.0 Å². The number of hydrogen-bond donors (Lipinski definition) is 1. The average molecular weight is 425 g/mol. The predicted octanol–water partition coefficient (Wildman–Crippen LogP) is 3.91.